The zero-order valence-corrected chi connectivity index (χ0v) is 12.0. The third-order valence-electron chi connectivity index (χ3n) is 4.58. The number of hydrogen-bond acceptors (Lipinski definition) is 4. The van der Waals surface area contributed by atoms with Crippen LogP contribution in [0.2, 0.25) is 0 Å². The van der Waals surface area contributed by atoms with Crippen LogP contribution in [-0.2, 0) is 11.3 Å². The van der Waals surface area contributed by atoms with Gasteiger partial charge >= 0.3 is 0 Å². The number of aromatic nitrogens is 1. The van der Waals surface area contributed by atoms with Crippen LogP contribution in [-0.4, -0.2) is 31.0 Å². The van der Waals surface area contributed by atoms with Crippen molar-refractivity contribution >= 4 is 11.6 Å². The van der Waals surface area contributed by atoms with Crippen molar-refractivity contribution in [3.8, 4) is 0 Å². The Labute approximate surface area is 119 Å². The van der Waals surface area contributed by atoms with Crippen LogP contribution in [0.5, 0.6) is 0 Å². The molecule has 1 heterocycles. The Bertz CT molecular complexity index is 516. The molecular formula is C15H22N4O. The summed E-state index contributed by atoms with van der Waals surface area (Å²) in [6, 6.07) is 4.18. The number of anilines is 1. The fourth-order valence-electron chi connectivity index (χ4n) is 3.28. The molecular weight excluding hydrogens is 252 g/mol. The predicted octanol–water partition coefficient (Wildman–Crippen LogP) is 0.747. The van der Waals surface area contributed by atoms with Crippen molar-refractivity contribution in [1.29, 1.82) is 0 Å². The highest BCUT2D eigenvalue weighted by molar-refractivity contribution is 5.80. The number of hydrogen-bond donors (Lipinski definition) is 2. The average molecular weight is 274 g/mol. The summed E-state index contributed by atoms with van der Waals surface area (Å²) in [6.45, 7) is 0.490. The standard InChI is InChI=1S/C15H22N4O/c1-19(2)10-3-4-17-9(5-10)8-18-15(20)13-7-14(16)12-6-11(12)13/h3-5,11-14H,6-8,16H2,1-2H3,(H,18,20)/t11-,12+,13-,14+/m1/s1. The number of nitrogens with two attached hydrogens (primary N) is 1. The van der Waals surface area contributed by atoms with Crippen LogP contribution in [0.25, 0.3) is 0 Å². The van der Waals surface area contributed by atoms with Gasteiger partial charge in [0, 0.05) is 37.9 Å². The first kappa shape index (κ1) is 13.4. The number of amides is 1. The lowest BCUT2D eigenvalue weighted by Crippen LogP contribution is -2.32. The van der Waals surface area contributed by atoms with Gasteiger partial charge < -0.3 is 16.0 Å². The van der Waals surface area contributed by atoms with E-state index < -0.39 is 0 Å². The molecule has 0 radical (unpaired) electrons. The zero-order chi connectivity index (χ0) is 14.3. The lowest BCUT2D eigenvalue weighted by molar-refractivity contribution is -0.125. The molecule has 0 aliphatic heterocycles. The number of nitrogens with zero attached hydrogens (tertiary/aromatic N) is 2. The van der Waals surface area contributed by atoms with Crippen molar-refractivity contribution in [2.75, 3.05) is 19.0 Å². The van der Waals surface area contributed by atoms with Gasteiger partial charge in [-0.25, -0.2) is 0 Å². The summed E-state index contributed by atoms with van der Waals surface area (Å²) in [5, 5.41) is 3.01. The molecule has 20 heavy (non-hydrogen) atoms. The van der Waals surface area contributed by atoms with Gasteiger partial charge in [-0.05, 0) is 36.8 Å². The van der Waals surface area contributed by atoms with Crippen LogP contribution in [0.1, 0.15) is 18.5 Å². The molecule has 3 rings (SSSR count). The smallest absolute Gasteiger partial charge is 0.223 e. The largest absolute Gasteiger partial charge is 0.378 e. The van der Waals surface area contributed by atoms with E-state index in [1.54, 1.807) is 6.20 Å². The minimum Gasteiger partial charge on any atom is -0.378 e. The Morgan fingerprint density at radius 1 is 1.45 bits per heavy atom. The molecule has 0 unspecified atom stereocenters. The van der Waals surface area contributed by atoms with Crippen LogP contribution in [0.4, 0.5) is 5.69 Å². The highest BCUT2D eigenvalue weighted by Crippen LogP contribution is 2.54. The van der Waals surface area contributed by atoms with Crippen LogP contribution < -0.4 is 16.0 Å². The summed E-state index contributed by atoms with van der Waals surface area (Å²) in [5.74, 6) is 1.39. The first-order valence-electron chi connectivity index (χ1n) is 7.22. The summed E-state index contributed by atoms with van der Waals surface area (Å²) >= 11 is 0. The van der Waals surface area contributed by atoms with E-state index in [2.05, 4.69) is 10.3 Å². The van der Waals surface area contributed by atoms with E-state index in [-0.39, 0.29) is 17.9 Å². The topological polar surface area (TPSA) is 71.2 Å². The number of nitrogens with one attached hydrogen (secondary N) is 1. The number of carbonyl (C=O) groups is 1. The van der Waals surface area contributed by atoms with E-state index in [1.807, 2.05) is 31.1 Å². The molecule has 1 amide bonds. The normalized spacial score (nSPS) is 30.8. The molecule has 4 atom stereocenters. The monoisotopic (exact) mass is 274 g/mol. The average Bonchev–Trinajstić information content (AvgIpc) is 3.16. The van der Waals surface area contributed by atoms with Crippen molar-refractivity contribution in [1.82, 2.24) is 10.3 Å². The van der Waals surface area contributed by atoms with E-state index in [0.717, 1.165) is 24.2 Å². The van der Waals surface area contributed by atoms with Crippen LogP contribution in [0.15, 0.2) is 18.3 Å². The molecule has 5 nitrogen and oxygen atoms in total. The molecule has 0 spiro atoms. The molecule has 2 saturated carbocycles. The van der Waals surface area contributed by atoms with Gasteiger partial charge in [0.25, 0.3) is 0 Å². The Morgan fingerprint density at radius 2 is 2.25 bits per heavy atom. The van der Waals surface area contributed by atoms with Crippen LogP contribution in [0.3, 0.4) is 0 Å². The first-order chi connectivity index (χ1) is 9.56. The third kappa shape index (κ3) is 2.50. The van der Waals surface area contributed by atoms with Gasteiger partial charge in [0.1, 0.15) is 0 Å². The maximum atomic E-state index is 12.2. The molecule has 2 aliphatic rings. The molecule has 3 N–H and O–H groups in total. The predicted molar refractivity (Wildman–Crippen MR) is 78.1 cm³/mol. The van der Waals surface area contributed by atoms with Crippen LogP contribution >= 0.6 is 0 Å². The van der Waals surface area contributed by atoms with E-state index in [0.29, 0.717) is 18.4 Å². The maximum Gasteiger partial charge on any atom is 0.223 e. The van der Waals surface area contributed by atoms with Crippen molar-refractivity contribution < 1.29 is 4.79 Å². The number of rotatable bonds is 4. The highest BCUT2D eigenvalue weighted by atomic mass is 16.1. The van der Waals surface area contributed by atoms with Gasteiger partial charge in [-0.2, -0.15) is 0 Å². The summed E-state index contributed by atoms with van der Waals surface area (Å²) in [6.07, 6.45) is 3.75. The van der Waals surface area contributed by atoms with Gasteiger partial charge in [-0.15, -0.1) is 0 Å². The van der Waals surface area contributed by atoms with Gasteiger partial charge in [0.05, 0.1) is 12.2 Å². The van der Waals surface area contributed by atoms with E-state index >= 15 is 0 Å². The van der Waals surface area contributed by atoms with Crippen molar-refractivity contribution in [3.63, 3.8) is 0 Å². The minimum atomic E-state index is 0.118. The van der Waals surface area contributed by atoms with Gasteiger partial charge in [0.2, 0.25) is 5.91 Å². The van der Waals surface area contributed by atoms with Gasteiger partial charge in [-0.1, -0.05) is 0 Å². The fraction of sp³-hybridized carbons (Fsp3) is 0.600. The molecule has 1 aromatic heterocycles. The Balaban J connectivity index is 1.57. The Morgan fingerprint density at radius 3 is 2.85 bits per heavy atom. The third-order valence-corrected chi connectivity index (χ3v) is 4.58. The van der Waals surface area contributed by atoms with Crippen molar-refractivity contribution in [2.24, 2.45) is 23.5 Å². The molecule has 2 fully saturated rings. The maximum absolute atomic E-state index is 12.2. The lowest BCUT2D eigenvalue weighted by atomic mass is 10.0. The van der Waals surface area contributed by atoms with Crippen molar-refractivity contribution in [2.45, 2.75) is 25.4 Å². The second-order valence-electron chi connectivity index (χ2n) is 6.19. The molecule has 108 valence electrons. The summed E-state index contributed by atoms with van der Waals surface area (Å²) in [4.78, 5) is 18.5. The van der Waals surface area contributed by atoms with Crippen molar-refractivity contribution in [3.05, 3.63) is 24.0 Å². The molecule has 1 aromatic rings. The Kier molecular flexibility index (Phi) is 3.38. The molecule has 2 aliphatic carbocycles. The highest BCUT2D eigenvalue weighted by Gasteiger charge is 2.55. The first-order valence-corrected chi connectivity index (χ1v) is 7.22. The van der Waals surface area contributed by atoms with Crippen LogP contribution in [0, 0.1) is 17.8 Å². The number of carbonyl (C=O) groups excluding carboxylic acids is 1. The molecule has 5 heteroatoms. The summed E-state index contributed by atoms with van der Waals surface area (Å²) in [5.41, 5.74) is 7.99. The molecule has 0 aromatic carbocycles. The second kappa shape index (κ2) is 5.05. The summed E-state index contributed by atoms with van der Waals surface area (Å²) in [7, 11) is 3.98. The molecule has 0 saturated heterocycles. The quantitative estimate of drug-likeness (QED) is 0.850. The van der Waals surface area contributed by atoms with E-state index in [1.165, 1.54) is 0 Å². The summed E-state index contributed by atoms with van der Waals surface area (Å²) < 4.78 is 0. The van der Waals surface area contributed by atoms with E-state index in [9.17, 15) is 4.79 Å². The van der Waals surface area contributed by atoms with Gasteiger partial charge in [-0.3, -0.25) is 9.78 Å². The number of fused-ring (bicyclic) bond motifs is 1. The lowest BCUT2D eigenvalue weighted by Gasteiger charge is -2.15. The Hall–Kier alpha value is -1.62. The fourth-order valence-corrected chi connectivity index (χ4v) is 3.28. The SMILES string of the molecule is CN(C)c1ccnc(CNC(=O)[C@@H]2C[C@H](N)[C@H]3C[C@H]32)c1. The second-order valence-corrected chi connectivity index (χ2v) is 6.19. The molecule has 0 bridgehead atoms. The minimum absolute atomic E-state index is 0.118. The van der Waals surface area contributed by atoms with E-state index in [4.69, 9.17) is 5.73 Å². The number of pyridine rings is 1. The zero-order valence-electron chi connectivity index (χ0n) is 12.0. The van der Waals surface area contributed by atoms with Gasteiger partial charge in [0.15, 0.2) is 0 Å².